The number of benzene rings is 1. The van der Waals surface area contributed by atoms with Gasteiger partial charge in [0.05, 0.1) is 0 Å². The maximum atomic E-state index is 6.35. The molecule has 0 bridgehead atoms. The second-order valence-electron chi connectivity index (χ2n) is 7.37. The van der Waals surface area contributed by atoms with Gasteiger partial charge >= 0.3 is 206 Å². The molecule has 6 nitrogen and oxygen atoms in total. The van der Waals surface area contributed by atoms with Gasteiger partial charge in [-0.25, -0.2) is 0 Å². The summed E-state index contributed by atoms with van der Waals surface area (Å²) in [5.74, 6) is 2.30. The van der Waals surface area contributed by atoms with E-state index in [1.54, 1.807) is 29.9 Å². The number of nitrogens with one attached hydrogen (secondary N) is 1. The van der Waals surface area contributed by atoms with Crippen molar-refractivity contribution in [2.45, 2.75) is 28.8 Å². The molecule has 5 rings (SSSR count). The Kier molecular flexibility index (Phi) is 6.93. The number of nitrogens with zero attached hydrogens (tertiary/aromatic N) is 4. The van der Waals surface area contributed by atoms with Gasteiger partial charge in [0.2, 0.25) is 0 Å². The van der Waals surface area contributed by atoms with E-state index in [-0.39, 0.29) is 0 Å². The first-order valence-electron chi connectivity index (χ1n) is 10.5. The van der Waals surface area contributed by atoms with Gasteiger partial charge in [0.25, 0.3) is 0 Å². The molecule has 2 aromatic heterocycles. The summed E-state index contributed by atoms with van der Waals surface area (Å²) in [5, 5.41) is 6.69. The van der Waals surface area contributed by atoms with Gasteiger partial charge in [-0.2, -0.15) is 0 Å². The van der Waals surface area contributed by atoms with Crippen molar-refractivity contribution in [3.63, 3.8) is 0 Å². The molecule has 1 saturated heterocycles. The number of aromatic nitrogens is 2. The Morgan fingerprint density at radius 3 is 2.66 bits per heavy atom. The minimum absolute atomic E-state index is 0.430. The molecule has 0 atom stereocenters. The Morgan fingerprint density at radius 2 is 1.88 bits per heavy atom. The van der Waals surface area contributed by atoms with Gasteiger partial charge in [0.1, 0.15) is 0 Å². The van der Waals surface area contributed by atoms with Gasteiger partial charge in [-0.05, 0) is 0 Å². The number of para-hydroxylation sites is 1. The van der Waals surface area contributed by atoms with E-state index in [2.05, 4.69) is 48.8 Å². The van der Waals surface area contributed by atoms with Gasteiger partial charge in [-0.1, -0.05) is 0 Å². The quantitative estimate of drug-likeness (QED) is 0.365. The molecule has 9 heteroatoms. The molecular formula is C23H22AsN5OS2. The van der Waals surface area contributed by atoms with Gasteiger partial charge in [-0.15, -0.1) is 0 Å². The van der Waals surface area contributed by atoms with E-state index in [9.17, 15) is 0 Å². The van der Waals surface area contributed by atoms with E-state index in [1.807, 2.05) is 54.7 Å². The summed E-state index contributed by atoms with van der Waals surface area (Å²) in [5.41, 5.74) is 0. The average molecular weight is 524 g/mol. The summed E-state index contributed by atoms with van der Waals surface area (Å²) in [7, 11) is 0. The molecule has 4 heterocycles. The van der Waals surface area contributed by atoms with E-state index < -0.39 is 0 Å². The molecule has 1 N–H and O–H groups in total. The molecule has 0 amide bonds. The van der Waals surface area contributed by atoms with Gasteiger partial charge in [0, 0.05) is 0 Å². The molecule has 2 aliphatic heterocycles. The average Bonchev–Trinajstić information content (AvgIpc) is 3.22. The Bertz CT molecular complexity index is 1080. The predicted octanol–water partition coefficient (Wildman–Crippen LogP) is 4.82. The van der Waals surface area contributed by atoms with E-state index in [4.69, 9.17) is 9.72 Å². The number of anilines is 1. The zero-order chi connectivity index (χ0) is 21.8. The van der Waals surface area contributed by atoms with Crippen LogP contribution in [0, 0.1) is 0 Å². The predicted molar refractivity (Wildman–Crippen MR) is 131 cm³/mol. The number of hydrazine groups is 1. The van der Waals surface area contributed by atoms with E-state index in [0.717, 1.165) is 53.2 Å². The third kappa shape index (κ3) is 5.09. The Labute approximate surface area is 205 Å². The van der Waals surface area contributed by atoms with Crippen LogP contribution in [0.3, 0.4) is 0 Å². The summed E-state index contributed by atoms with van der Waals surface area (Å²) < 4.78 is 9.69. The number of piperidine rings is 1. The maximum absolute atomic E-state index is 6.35. The van der Waals surface area contributed by atoms with Crippen LogP contribution >= 0.6 is 23.7 Å². The van der Waals surface area contributed by atoms with Crippen molar-refractivity contribution in [3.05, 3.63) is 76.9 Å². The molecule has 0 saturated carbocycles. The molecule has 2 aliphatic rings. The number of rotatable bonds is 6. The fourth-order valence-electron chi connectivity index (χ4n) is 3.64. The van der Waals surface area contributed by atoms with Crippen molar-refractivity contribution in [3.8, 4) is 11.5 Å². The van der Waals surface area contributed by atoms with Gasteiger partial charge < -0.3 is 0 Å². The Morgan fingerprint density at radius 1 is 1.06 bits per heavy atom. The monoisotopic (exact) mass is 523 g/mol. The summed E-state index contributed by atoms with van der Waals surface area (Å²) >= 11 is 5.89. The number of ether oxygens (including phenoxy) is 1. The van der Waals surface area contributed by atoms with Gasteiger partial charge in [-0.3, -0.25) is 0 Å². The molecule has 2 radical (unpaired) electrons. The van der Waals surface area contributed by atoms with E-state index in [0.29, 0.717) is 6.04 Å². The molecule has 32 heavy (non-hydrogen) atoms. The SMILES string of the molecule is [As]C1=CN(C2CCNCC2)N(c2ncc(Sc3ccccn3)cc2Oc2ccccc2)S1. The zero-order valence-electron chi connectivity index (χ0n) is 17.3. The first-order chi connectivity index (χ1) is 15.8. The van der Waals surface area contributed by atoms with Crippen molar-refractivity contribution < 1.29 is 4.74 Å². The Balaban J connectivity index is 1.48. The zero-order valence-corrected chi connectivity index (χ0v) is 20.8. The number of hydrogen-bond donors (Lipinski definition) is 1. The fraction of sp³-hybridized carbons (Fsp3) is 0.217. The van der Waals surface area contributed by atoms with Crippen LogP contribution < -0.4 is 14.5 Å². The van der Waals surface area contributed by atoms with Crippen LogP contribution in [0.15, 0.2) is 86.8 Å². The summed E-state index contributed by atoms with van der Waals surface area (Å²) in [6.45, 7) is 2.06. The molecule has 3 aromatic rings. The molecular weight excluding hydrogens is 501 g/mol. The molecule has 0 spiro atoms. The molecule has 1 aromatic carbocycles. The Hall–Kier alpha value is -2.12. The van der Waals surface area contributed by atoms with Crippen LogP contribution in [0.4, 0.5) is 5.82 Å². The topological polar surface area (TPSA) is 53.5 Å². The first-order valence-corrected chi connectivity index (χ1v) is 13.0. The first kappa shape index (κ1) is 21.7. The summed E-state index contributed by atoms with van der Waals surface area (Å²) in [4.78, 5) is 10.3. The third-order valence-electron chi connectivity index (χ3n) is 5.14. The van der Waals surface area contributed by atoms with Gasteiger partial charge in [0.15, 0.2) is 0 Å². The van der Waals surface area contributed by atoms with Crippen LogP contribution in [-0.2, 0) is 0 Å². The summed E-state index contributed by atoms with van der Waals surface area (Å²) in [6.07, 6.45) is 8.09. The molecule has 1 fully saturated rings. The van der Waals surface area contributed by atoms with Crippen LogP contribution in [0.2, 0.25) is 0 Å². The standard InChI is InChI=1S/C23H22AsN5OS2/c24-21-16-28(17-9-12-25-13-10-17)29(32-21)23-20(30-18-6-2-1-3-7-18)14-19(15-27-23)31-22-8-4-5-11-26-22/h1-8,11,14-17,25H,9-10,12-13H2. The molecule has 0 aliphatic carbocycles. The van der Waals surface area contributed by atoms with Crippen molar-refractivity contribution in [1.82, 2.24) is 20.3 Å². The number of pyridine rings is 2. The van der Waals surface area contributed by atoms with E-state index in [1.165, 1.54) is 3.69 Å². The molecule has 0 unspecified atom stereocenters. The molecule has 162 valence electrons. The van der Waals surface area contributed by atoms with Crippen molar-refractivity contribution in [2.75, 3.05) is 17.5 Å². The van der Waals surface area contributed by atoms with Crippen molar-refractivity contribution >= 4 is 46.4 Å². The van der Waals surface area contributed by atoms with Crippen LogP contribution in [0.25, 0.3) is 0 Å². The van der Waals surface area contributed by atoms with Crippen LogP contribution in [0.1, 0.15) is 12.8 Å². The van der Waals surface area contributed by atoms with Crippen molar-refractivity contribution in [1.29, 1.82) is 0 Å². The fourth-order valence-corrected chi connectivity index (χ4v) is 5.98. The second-order valence-corrected chi connectivity index (χ2v) is 11.1. The van der Waals surface area contributed by atoms with Crippen LogP contribution in [-0.4, -0.2) is 51.0 Å². The summed E-state index contributed by atoms with van der Waals surface area (Å²) in [6, 6.07) is 18.3. The van der Waals surface area contributed by atoms with Crippen LogP contribution in [0.5, 0.6) is 11.5 Å². The number of hydrogen-bond acceptors (Lipinski definition) is 8. The van der Waals surface area contributed by atoms with Crippen molar-refractivity contribution in [2.24, 2.45) is 0 Å². The minimum atomic E-state index is 0.430. The second kappa shape index (κ2) is 10.2. The third-order valence-corrected chi connectivity index (χ3v) is 7.63. The normalized spacial score (nSPS) is 16.8. The van der Waals surface area contributed by atoms with E-state index >= 15 is 0 Å².